The van der Waals surface area contributed by atoms with E-state index in [9.17, 15) is 10.0 Å². The summed E-state index contributed by atoms with van der Waals surface area (Å²) in [6.45, 7) is 3.71. The number of urea groups is 1. The number of benzene rings is 1. The van der Waals surface area contributed by atoms with Crippen molar-refractivity contribution in [2.45, 2.75) is 39.2 Å². The first kappa shape index (κ1) is 18.4. The third kappa shape index (κ3) is 5.59. The zero-order chi connectivity index (χ0) is 18.2. The van der Waals surface area contributed by atoms with Gasteiger partial charge in [-0.15, -0.1) is 0 Å². The van der Waals surface area contributed by atoms with E-state index in [1.165, 1.54) is 25.3 Å². The van der Waals surface area contributed by atoms with Gasteiger partial charge in [0.1, 0.15) is 11.8 Å². The van der Waals surface area contributed by atoms with E-state index >= 15 is 0 Å². The Morgan fingerprint density at radius 2 is 2.04 bits per heavy atom. The molecule has 3 N–H and O–H groups in total. The topological polar surface area (TPSA) is 88.9 Å². The summed E-state index contributed by atoms with van der Waals surface area (Å²) >= 11 is 0. The maximum atomic E-state index is 10.8. The average Bonchev–Trinajstić information content (AvgIpc) is 3.05. The quantitative estimate of drug-likeness (QED) is 0.473. The van der Waals surface area contributed by atoms with E-state index in [0.29, 0.717) is 22.5 Å². The van der Waals surface area contributed by atoms with Gasteiger partial charge in [0.15, 0.2) is 5.76 Å². The first-order valence-electron chi connectivity index (χ1n) is 8.15. The molecule has 0 aliphatic heterocycles. The second kappa shape index (κ2) is 8.81. The van der Waals surface area contributed by atoms with Crippen molar-refractivity contribution in [3.05, 3.63) is 47.7 Å². The van der Waals surface area contributed by atoms with Crippen molar-refractivity contribution < 1.29 is 19.2 Å². The van der Waals surface area contributed by atoms with Crippen LogP contribution in [0.15, 0.2) is 40.8 Å². The summed E-state index contributed by atoms with van der Waals surface area (Å²) < 4.78 is 11.1. The largest absolute Gasteiger partial charge is 0.426 e. The Hall–Kier alpha value is -2.91. The third-order valence-corrected chi connectivity index (χ3v) is 3.54. The lowest BCUT2D eigenvalue weighted by Crippen LogP contribution is -2.38. The van der Waals surface area contributed by atoms with Crippen LogP contribution in [0.2, 0.25) is 0 Å². The second-order valence-corrected chi connectivity index (χ2v) is 5.60. The second-order valence-electron chi connectivity index (χ2n) is 5.60. The van der Waals surface area contributed by atoms with Crippen LogP contribution >= 0.6 is 0 Å². The summed E-state index contributed by atoms with van der Waals surface area (Å²) in [5.74, 6) is 6.73. The van der Waals surface area contributed by atoms with Gasteiger partial charge in [-0.05, 0) is 49.4 Å². The van der Waals surface area contributed by atoms with Crippen molar-refractivity contribution in [1.82, 2.24) is 5.06 Å². The highest BCUT2D eigenvalue weighted by Gasteiger charge is 2.12. The maximum Gasteiger partial charge on any atom is 0.339 e. The number of hydrogen-bond acceptors (Lipinski definition) is 4. The molecule has 1 aromatic heterocycles. The van der Waals surface area contributed by atoms with E-state index in [2.05, 4.69) is 18.8 Å². The SMILES string of the molecule is CCCCc1ccc(Oc2ccc(C#CC(C)N(O)C(N)=O)o2)cc1. The molecular formula is C19H22N2O4. The summed E-state index contributed by atoms with van der Waals surface area (Å²) in [4.78, 5) is 10.8. The Morgan fingerprint density at radius 1 is 1.32 bits per heavy atom. The lowest BCUT2D eigenvalue weighted by molar-refractivity contribution is -0.0536. The molecule has 2 rings (SSSR count). The molecule has 0 aliphatic carbocycles. The van der Waals surface area contributed by atoms with E-state index < -0.39 is 12.1 Å². The highest BCUT2D eigenvalue weighted by Crippen LogP contribution is 2.24. The fourth-order valence-corrected chi connectivity index (χ4v) is 2.09. The summed E-state index contributed by atoms with van der Waals surface area (Å²) in [5.41, 5.74) is 6.23. The lowest BCUT2D eigenvalue weighted by Gasteiger charge is -2.14. The Bertz CT molecular complexity index is 756. The Labute approximate surface area is 147 Å². The number of rotatable bonds is 6. The predicted octanol–water partition coefficient (Wildman–Crippen LogP) is 3.92. The van der Waals surface area contributed by atoms with Crippen molar-refractivity contribution in [2.24, 2.45) is 5.73 Å². The van der Waals surface area contributed by atoms with Gasteiger partial charge in [0, 0.05) is 6.07 Å². The molecule has 1 atom stereocenters. The van der Waals surface area contributed by atoms with Gasteiger partial charge in [-0.2, -0.15) is 5.06 Å². The fourth-order valence-electron chi connectivity index (χ4n) is 2.09. The number of ether oxygens (including phenoxy) is 1. The Balaban J connectivity index is 1.96. The van der Waals surface area contributed by atoms with E-state index in [1.807, 2.05) is 24.3 Å². The normalized spacial score (nSPS) is 11.3. The van der Waals surface area contributed by atoms with Crippen LogP contribution in [0.4, 0.5) is 4.79 Å². The maximum absolute atomic E-state index is 10.8. The van der Waals surface area contributed by atoms with Gasteiger partial charge in [0.05, 0.1) is 0 Å². The lowest BCUT2D eigenvalue weighted by atomic mass is 10.1. The molecule has 25 heavy (non-hydrogen) atoms. The Kier molecular flexibility index (Phi) is 6.49. The zero-order valence-electron chi connectivity index (χ0n) is 14.4. The van der Waals surface area contributed by atoms with Gasteiger partial charge in [-0.3, -0.25) is 5.21 Å². The van der Waals surface area contributed by atoms with Crippen LogP contribution < -0.4 is 10.5 Å². The Morgan fingerprint density at radius 3 is 2.68 bits per heavy atom. The monoisotopic (exact) mass is 342 g/mol. The van der Waals surface area contributed by atoms with E-state index in [0.717, 1.165) is 6.42 Å². The van der Waals surface area contributed by atoms with Crippen molar-refractivity contribution in [3.8, 4) is 23.5 Å². The molecule has 0 fully saturated rings. The minimum atomic E-state index is -0.965. The molecule has 0 spiro atoms. The van der Waals surface area contributed by atoms with Crippen molar-refractivity contribution in [3.63, 3.8) is 0 Å². The molecule has 1 aromatic carbocycles. The summed E-state index contributed by atoms with van der Waals surface area (Å²) in [7, 11) is 0. The number of nitrogens with zero attached hydrogens (tertiary/aromatic N) is 1. The van der Waals surface area contributed by atoms with E-state index in [-0.39, 0.29) is 0 Å². The number of carbonyl (C=O) groups excluding carboxylic acids is 1. The van der Waals surface area contributed by atoms with Gasteiger partial charge < -0.3 is 14.9 Å². The van der Waals surface area contributed by atoms with Crippen LogP contribution in [0.5, 0.6) is 11.7 Å². The number of hydrogen-bond donors (Lipinski definition) is 2. The molecule has 0 bridgehead atoms. The third-order valence-electron chi connectivity index (χ3n) is 3.54. The van der Waals surface area contributed by atoms with E-state index in [4.69, 9.17) is 14.9 Å². The number of primary amides is 1. The van der Waals surface area contributed by atoms with Crippen molar-refractivity contribution in [2.75, 3.05) is 0 Å². The van der Waals surface area contributed by atoms with Gasteiger partial charge in [0.2, 0.25) is 0 Å². The molecule has 6 heteroatoms. The molecule has 2 aromatic rings. The average molecular weight is 342 g/mol. The molecule has 6 nitrogen and oxygen atoms in total. The minimum Gasteiger partial charge on any atom is -0.426 e. The predicted molar refractivity (Wildman–Crippen MR) is 93.4 cm³/mol. The molecule has 1 unspecified atom stereocenters. The molecule has 1 heterocycles. The zero-order valence-corrected chi connectivity index (χ0v) is 14.4. The molecule has 0 saturated heterocycles. The fraction of sp³-hybridized carbons (Fsp3) is 0.316. The van der Waals surface area contributed by atoms with Crippen LogP contribution in [0, 0.1) is 11.8 Å². The molecule has 0 radical (unpaired) electrons. The van der Waals surface area contributed by atoms with Crippen LogP contribution in [-0.2, 0) is 6.42 Å². The number of unbranched alkanes of at least 4 members (excludes halogenated alkanes) is 1. The highest BCUT2D eigenvalue weighted by molar-refractivity contribution is 5.71. The van der Waals surface area contributed by atoms with Crippen LogP contribution in [0.25, 0.3) is 0 Å². The molecule has 0 saturated carbocycles. The number of amides is 2. The van der Waals surface area contributed by atoms with E-state index in [1.54, 1.807) is 12.1 Å². The number of nitrogens with two attached hydrogens (primary N) is 1. The van der Waals surface area contributed by atoms with Crippen molar-refractivity contribution >= 4 is 6.03 Å². The van der Waals surface area contributed by atoms with Crippen molar-refractivity contribution in [1.29, 1.82) is 0 Å². The van der Waals surface area contributed by atoms with Gasteiger partial charge in [-0.1, -0.05) is 31.4 Å². The number of carbonyl (C=O) groups is 1. The standard InChI is InChI=1S/C19H22N2O4/c1-3-4-5-15-7-10-17(11-8-15)25-18-13-12-16(24-18)9-6-14(2)21(23)19(20)22/h7-8,10-14,23H,3-5H2,1-2H3,(H2,20,22). The summed E-state index contributed by atoms with van der Waals surface area (Å²) in [6.07, 6.45) is 3.39. The number of aryl methyl sites for hydroxylation is 1. The van der Waals surface area contributed by atoms with Gasteiger partial charge in [0.25, 0.3) is 5.95 Å². The first-order chi connectivity index (χ1) is 12.0. The molecular weight excluding hydrogens is 320 g/mol. The van der Waals surface area contributed by atoms with Gasteiger partial charge >= 0.3 is 6.03 Å². The molecule has 0 aliphatic rings. The summed E-state index contributed by atoms with van der Waals surface area (Å²) in [5, 5.41) is 9.70. The smallest absolute Gasteiger partial charge is 0.339 e. The van der Waals surface area contributed by atoms with Gasteiger partial charge in [-0.25, -0.2) is 4.79 Å². The molecule has 132 valence electrons. The minimum absolute atomic E-state index is 0.314. The summed E-state index contributed by atoms with van der Waals surface area (Å²) in [6, 6.07) is 9.47. The van der Waals surface area contributed by atoms with Crippen LogP contribution in [0.3, 0.4) is 0 Å². The number of furan rings is 1. The first-order valence-corrected chi connectivity index (χ1v) is 8.15. The van der Waals surface area contributed by atoms with Crippen LogP contribution in [-0.4, -0.2) is 22.3 Å². The van der Waals surface area contributed by atoms with Crippen LogP contribution in [0.1, 0.15) is 38.0 Å². The highest BCUT2D eigenvalue weighted by atomic mass is 16.6. The number of hydroxylamine groups is 2. The molecule has 2 amide bonds.